The molecule has 3 rings (SSSR count). The maximum atomic E-state index is 12.3. The molecule has 0 saturated heterocycles. The summed E-state index contributed by atoms with van der Waals surface area (Å²) < 4.78 is 15.2. The van der Waals surface area contributed by atoms with Gasteiger partial charge in [0.2, 0.25) is 0 Å². The monoisotopic (exact) mass is 334 g/mol. The van der Waals surface area contributed by atoms with Crippen LogP contribution in [0.15, 0.2) is 22.1 Å². The molecule has 0 unspecified atom stereocenters. The van der Waals surface area contributed by atoms with Crippen LogP contribution in [-0.4, -0.2) is 19.0 Å². The number of thiophene rings is 1. The van der Waals surface area contributed by atoms with E-state index in [0.29, 0.717) is 17.2 Å². The van der Waals surface area contributed by atoms with Crippen molar-refractivity contribution in [1.82, 2.24) is 0 Å². The summed E-state index contributed by atoms with van der Waals surface area (Å²) in [4.78, 5) is 25.2. The maximum Gasteiger partial charge on any atom is 0.341 e. The summed E-state index contributed by atoms with van der Waals surface area (Å²) in [6.45, 7) is 2.14. The number of hydrogen-bond acceptors (Lipinski definition) is 6. The molecule has 6 heteroatoms. The molecule has 1 aliphatic carbocycles. The Kier molecular flexibility index (Phi) is 4.52. The van der Waals surface area contributed by atoms with Crippen molar-refractivity contribution in [2.24, 2.45) is 5.92 Å². The lowest BCUT2D eigenvalue weighted by Gasteiger charge is -2.18. The van der Waals surface area contributed by atoms with E-state index >= 15 is 0 Å². The zero-order chi connectivity index (χ0) is 16.4. The quantitative estimate of drug-likeness (QED) is 0.799. The summed E-state index contributed by atoms with van der Waals surface area (Å²) in [6, 6.07) is 1.50. The van der Waals surface area contributed by atoms with Crippen molar-refractivity contribution in [3.8, 4) is 0 Å². The number of carbonyl (C=O) groups excluding carboxylic acids is 2. The minimum Gasteiger partial charge on any atom is -0.465 e. The predicted octanol–water partition coefficient (Wildman–Crippen LogP) is 3.61. The predicted molar refractivity (Wildman–Crippen MR) is 84.7 cm³/mol. The van der Waals surface area contributed by atoms with Gasteiger partial charge in [0, 0.05) is 10.3 Å². The number of esters is 2. The van der Waals surface area contributed by atoms with Gasteiger partial charge in [-0.05, 0) is 36.8 Å². The van der Waals surface area contributed by atoms with Gasteiger partial charge < -0.3 is 13.9 Å². The van der Waals surface area contributed by atoms with Gasteiger partial charge in [-0.3, -0.25) is 0 Å². The smallest absolute Gasteiger partial charge is 0.341 e. The molecule has 0 aromatic carbocycles. The SMILES string of the molecule is COC(=O)c1ccoc1COC(=O)c1csc2c1CC[C@H](C)C2. The molecule has 0 bridgehead atoms. The largest absolute Gasteiger partial charge is 0.465 e. The van der Waals surface area contributed by atoms with Crippen LogP contribution in [-0.2, 0) is 28.9 Å². The first-order valence-electron chi connectivity index (χ1n) is 7.51. The molecule has 2 aromatic rings. The molecule has 0 amide bonds. The van der Waals surface area contributed by atoms with Crippen LogP contribution in [0.25, 0.3) is 0 Å². The minimum atomic E-state index is -0.508. The van der Waals surface area contributed by atoms with Gasteiger partial charge in [-0.25, -0.2) is 9.59 Å². The van der Waals surface area contributed by atoms with Gasteiger partial charge in [0.05, 0.1) is 18.9 Å². The number of furan rings is 1. The van der Waals surface area contributed by atoms with Gasteiger partial charge in [0.1, 0.15) is 5.56 Å². The third kappa shape index (κ3) is 3.17. The van der Waals surface area contributed by atoms with Crippen LogP contribution in [0.1, 0.15) is 50.3 Å². The lowest BCUT2D eigenvalue weighted by molar-refractivity contribution is 0.0431. The topological polar surface area (TPSA) is 65.7 Å². The van der Waals surface area contributed by atoms with Crippen molar-refractivity contribution in [3.05, 3.63) is 45.0 Å². The van der Waals surface area contributed by atoms with E-state index in [2.05, 4.69) is 11.7 Å². The Hall–Kier alpha value is -2.08. The molecule has 0 radical (unpaired) electrons. The highest BCUT2D eigenvalue weighted by atomic mass is 32.1. The van der Waals surface area contributed by atoms with Crippen molar-refractivity contribution >= 4 is 23.3 Å². The number of ether oxygens (including phenoxy) is 2. The summed E-state index contributed by atoms with van der Waals surface area (Å²) in [6.07, 6.45) is 4.41. The molecule has 1 atom stereocenters. The molecule has 1 aliphatic rings. The van der Waals surface area contributed by atoms with Gasteiger partial charge in [-0.15, -0.1) is 11.3 Å². The molecule has 5 nitrogen and oxygen atoms in total. The molecule has 0 aliphatic heterocycles. The third-order valence-corrected chi connectivity index (χ3v) is 5.16. The molecule has 2 aromatic heterocycles. The van der Waals surface area contributed by atoms with E-state index in [4.69, 9.17) is 9.15 Å². The van der Waals surface area contributed by atoms with Crippen molar-refractivity contribution in [2.45, 2.75) is 32.8 Å². The molecular weight excluding hydrogens is 316 g/mol. The van der Waals surface area contributed by atoms with Gasteiger partial charge in [-0.1, -0.05) is 6.92 Å². The molecule has 122 valence electrons. The second kappa shape index (κ2) is 6.58. The van der Waals surface area contributed by atoms with Crippen molar-refractivity contribution in [1.29, 1.82) is 0 Å². The normalized spacial score (nSPS) is 16.7. The minimum absolute atomic E-state index is 0.0860. The number of methoxy groups -OCH3 is 1. The Morgan fingerprint density at radius 3 is 2.96 bits per heavy atom. The molecule has 0 saturated carbocycles. The summed E-state index contributed by atoms with van der Waals surface area (Å²) in [5.41, 5.74) is 2.04. The average molecular weight is 334 g/mol. The molecule has 0 spiro atoms. The summed E-state index contributed by atoms with van der Waals surface area (Å²) in [7, 11) is 1.30. The van der Waals surface area contributed by atoms with Gasteiger partial charge >= 0.3 is 11.9 Å². The van der Waals surface area contributed by atoms with Gasteiger partial charge in [0.25, 0.3) is 0 Å². The fourth-order valence-corrected chi connectivity index (χ4v) is 4.04. The lowest BCUT2D eigenvalue weighted by atomic mass is 9.88. The standard InChI is InChI=1S/C17H18O5S/c1-10-3-4-11-13(9-23-15(11)7-10)17(19)22-8-14-12(5-6-21-14)16(18)20-2/h5-6,9-10H,3-4,7-8H2,1-2H3/t10-/m0/s1. The van der Waals surface area contributed by atoms with E-state index in [0.717, 1.165) is 24.8 Å². The highest BCUT2D eigenvalue weighted by molar-refractivity contribution is 7.10. The Morgan fingerprint density at radius 2 is 2.17 bits per heavy atom. The molecule has 0 fully saturated rings. The Labute approximate surface area is 138 Å². The van der Waals surface area contributed by atoms with Crippen LogP contribution >= 0.6 is 11.3 Å². The van der Waals surface area contributed by atoms with Crippen LogP contribution in [0.5, 0.6) is 0 Å². The van der Waals surface area contributed by atoms with Crippen LogP contribution in [0.2, 0.25) is 0 Å². The number of hydrogen-bond donors (Lipinski definition) is 0. The maximum absolute atomic E-state index is 12.3. The van der Waals surface area contributed by atoms with Crippen molar-refractivity contribution in [2.75, 3.05) is 7.11 Å². The Balaban J connectivity index is 1.69. The molecule has 23 heavy (non-hydrogen) atoms. The number of carbonyl (C=O) groups is 2. The number of fused-ring (bicyclic) bond motifs is 1. The number of rotatable bonds is 4. The molecule has 0 N–H and O–H groups in total. The first kappa shape index (κ1) is 15.8. The van der Waals surface area contributed by atoms with Gasteiger partial charge in [0.15, 0.2) is 12.4 Å². The zero-order valence-electron chi connectivity index (χ0n) is 13.1. The molecular formula is C17H18O5S. The third-order valence-electron chi connectivity index (χ3n) is 4.11. The second-order valence-corrected chi connectivity index (χ2v) is 6.69. The zero-order valence-corrected chi connectivity index (χ0v) is 13.9. The van der Waals surface area contributed by atoms with E-state index < -0.39 is 5.97 Å². The van der Waals surface area contributed by atoms with Crippen molar-refractivity contribution < 1.29 is 23.5 Å². The second-order valence-electron chi connectivity index (χ2n) is 5.72. The highest BCUT2D eigenvalue weighted by Crippen LogP contribution is 2.33. The fraction of sp³-hybridized carbons (Fsp3) is 0.412. The van der Waals surface area contributed by atoms with Crippen LogP contribution in [0.4, 0.5) is 0 Å². The van der Waals surface area contributed by atoms with Crippen LogP contribution in [0, 0.1) is 5.92 Å². The van der Waals surface area contributed by atoms with E-state index in [9.17, 15) is 9.59 Å². The first-order chi connectivity index (χ1) is 11.1. The Morgan fingerprint density at radius 1 is 1.35 bits per heavy atom. The average Bonchev–Trinajstić information content (AvgIpc) is 3.18. The fourth-order valence-electron chi connectivity index (χ4n) is 2.80. The summed E-state index contributed by atoms with van der Waals surface area (Å²) in [5.74, 6) is 0.0784. The van der Waals surface area contributed by atoms with E-state index in [1.165, 1.54) is 24.3 Å². The van der Waals surface area contributed by atoms with E-state index in [1.54, 1.807) is 11.3 Å². The van der Waals surface area contributed by atoms with E-state index in [-0.39, 0.29) is 18.1 Å². The van der Waals surface area contributed by atoms with Gasteiger partial charge in [-0.2, -0.15) is 0 Å². The molecule has 2 heterocycles. The van der Waals surface area contributed by atoms with Crippen molar-refractivity contribution in [3.63, 3.8) is 0 Å². The summed E-state index contributed by atoms with van der Waals surface area (Å²) >= 11 is 1.62. The van der Waals surface area contributed by atoms with Crippen LogP contribution < -0.4 is 0 Å². The Bertz CT molecular complexity index is 727. The lowest BCUT2D eigenvalue weighted by Crippen LogP contribution is -2.13. The summed E-state index contributed by atoms with van der Waals surface area (Å²) in [5, 5.41) is 1.87. The first-order valence-corrected chi connectivity index (χ1v) is 8.39. The van der Waals surface area contributed by atoms with Crippen LogP contribution in [0.3, 0.4) is 0 Å². The van der Waals surface area contributed by atoms with E-state index in [1.807, 2.05) is 5.38 Å². The highest BCUT2D eigenvalue weighted by Gasteiger charge is 2.24.